The van der Waals surface area contributed by atoms with Gasteiger partial charge in [0, 0.05) is 28.9 Å². The van der Waals surface area contributed by atoms with Crippen molar-refractivity contribution in [3.63, 3.8) is 0 Å². The summed E-state index contributed by atoms with van der Waals surface area (Å²) in [6, 6.07) is 0. The topological polar surface area (TPSA) is 105 Å². The molecule has 0 saturated carbocycles. The Hall–Kier alpha value is -0.930. The van der Waals surface area contributed by atoms with E-state index in [1.54, 1.807) is 4.57 Å². The van der Waals surface area contributed by atoms with Crippen LogP contribution in [0.25, 0.3) is 0 Å². The predicted molar refractivity (Wildman–Crippen MR) is 67.9 cm³/mol. The third kappa shape index (κ3) is 4.39. The minimum Gasteiger partial charge on any atom is -0.481 e. The average molecular weight is 293 g/mol. The van der Waals surface area contributed by atoms with E-state index in [1.165, 1.54) is 0 Å². The molecule has 0 aliphatic rings. The standard InChI is InChI=1S/C9H15N3O4S2/c1-2-18(16)4-3-12-7(5-13)10-11-9(12)17-6-8(14)15/h13H,2-6H2,1H3,(H,14,15). The molecular weight excluding hydrogens is 278 g/mol. The highest BCUT2D eigenvalue weighted by atomic mass is 32.2. The van der Waals surface area contributed by atoms with Crippen LogP contribution in [0.5, 0.6) is 0 Å². The van der Waals surface area contributed by atoms with Gasteiger partial charge < -0.3 is 14.8 Å². The molecule has 2 N–H and O–H groups in total. The van der Waals surface area contributed by atoms with Crippen LogP contribution in [0.15, 0.2) is 5.16 Å². The lowest BCUT2D eigenvalue weighted by Gasteiger charge is -2.07. The molecule has 1 rings (SSSR count). The largest absolute Gasteiger partial charge is 0.481 e. The zero-order valence-corrected chi connectivity index (χ0v) is 11.5. The molecule has 1 unspecified atom stereocenters. The molecule has 1 atom stereocenters. The number of thioether (sulfide) groups is 1. The highest BCUT2D eigenvalue weighted by molar-refractivity contribution is 7.99. The molecule has 102 valence electrons. The number of carbonyl (C=O) groups is 1. The summed E-state index contributed by atoms with van der Waals surface area (Å²) in [4.78, 5) is 10.5. The number of hydrogen-bond donors (Lipinski definition) is 2. The van der Waals surface area contributed by atoms with E-state index in [1.807, 2.05) is 6.92 Å². The van der Waals surface area contributed by atoms with Crippen LogP contribution in [0.3, 0.4) is 0 Å². The molecular formula is C9H15N3O4S2. The first-order valence-electron chi connectivity index (χ1n) is 5.31. The molecule has 0 aliphatic heterocycles. The Balaban J connectivity index is 2.74. The molecule has 0 spiro atoms. The lowest BCUT2D eigenvalue weighted by molar-refractivity contribution is -0.133. The van der Waals surface area contributed by atoms with Gasteiger partial charge in [-0.3, -0.25) is 9.00 Å². The van der Waals surface area contributed by atoms with Crippen LogP contribution in [0.4, 0.5) is 0 Å². The third-order valence-corrected chi connectivity index (χ3v) is 4.36. The molecule has 0 radical (unpaired) electrons. The minimum absolute atomic E-state index is 0.125. The van der Waals surface area contributed by atoms with Crippen molar-refractivity contribution in [1.82, 2.24) is 14.8 Å². The summed E-state index contributed by atoms with van der Waals surface area (Å²) >= 11 is 1.03. The van der Waals surface area contributed by atoms with E-state index in [4.69, 9.17) is 10.2 Å². The van der Waals surface area contributed by atoms with Crippen LogP contribution in [0.2, 0.25) is 0 Å². The van der Waals surface area contributed by atoms with Crippen LogP contribution in [-0.2, 0) is 28.7 Å². The van der Waals surface area contributed by atoms with Gasteiger partial charge in [-0.2, -0.15) is 0 Å². The van der Waals surface area contributed by atoms with E-state index < -0.39 is 16.8 Å². The first-order valence-corrected chi connectivity index (χ1v) is 7.78. The van der Waals surface area contributed by atoms with Gasteiger partial charge in [0.2, 0.25) is 0 Å². The zero-order valence-electron chi connectivity index (χ0n) is 9.90. The summed E-state index contributed by atoms with van der Waals surface area (Å²) in [5.41, 5.74) is 0. The number of carboxylic acid groups (broad SMARTS) is 1. The summed E-state index contributed by atoms with van der Waals surface area (Å²) < 4.78 is 13.0. The van der Waals surface area contributed by atoms with Crippen LogP contribution in [0.1, 0.15) is 12.7 Å². The van der Waals surface area contributed by atoms with Crippen molar-refractivity contribution in [2.45, 2.75) is 25.2 Å². The fraction of sp³-hybridized carbons (Fsp3) is 0.667. The first kappa shape index (κ1) is 15.1. The highest BCUT2D eigenvalue weighted by Crippen LogP contribution is 2.16. The monoisotopic (exact) mass is 293 g/mol. The Kier molecular flexibility index (Phi) is 6.30. The van der Waals surface area contributed by atoms with Gasteiger partial charge in [-0.15, -0.1) is 10.2 Å². The maximum atomic E-state index is 11.4. The minimum atomic E-state index is -0.947. The predicted octanol–water partition coefficient (Wildman–Crippen LogP) is -0.284. The van der Waals surface area contributed by atoms with Crippen molar-refractivity contribution in [3.05, 3.63) is 5.82 Å². The Morgan fingerprint density at radius 3 is 2.78 bits per heavy atom. The third-order valence-electron chi connectivity index (χ3n) is 2.12. The maximum absolute atomic E-state index is 11.4. The fourth-order valence-electron chi connectivity index (χ4n) is 1.23. The van der Waals surface area contributed by atoms with E-state index in [0.29, 0.717) is 29.0 Å². The molecule has 7 nitrogen and oxygen atoms in total. The molecule has 1 aromatic rings. The van der Waals surface area contributed by atoms with E-state index >= 15 is 0 Å². The van der Waals surface area contributed by atoms with Gasteiger partial charge >= 0.3 is 5.97 Å². The van der Waals surface area contributed by atoms with Crippen LogP contribution in [0, 0.1) is 0 Å². The Labute approximate surface area is 111 Å². The Bertz CT molecular complexity index is 435. The van der Waals surface area contributed by atoms with Gasteiger partial charge in [0.05, 0.1) is 5.75 Å². The van der Waals surface area contributed by atoms with Gasteiger partial charge in [0.25, 0.3) is 0 Å². The fourth-order valence-corrected chi connectivity index (χ4v) is 2.61. The quantitative estimate of drug-likeness (QED) is 0.635. The molecule has 1 aromatic heterocycles. The summed E-state index contributed by atoms with van der Waals surface area (Å²) in [6.45, 7) is 1.96. The smallest absolute Gasteiger partial charge is 0.313 e. The van der Waals surface area contributed by atoms with Crippen molar-refractivity contribution in [3.8, 4) is 0 Å². The number of aliphatic hydroxyl groups is 1. The van der Waals surface area contributed by atoms with Gasteiger partial charge in [-0.1, -0.05) is 18.7 Å². The van der Waals surface area contributed by atoms with Crippen molar-refractivity contribution >= 4 is 28.5 Å². The summed E-state index contributed by atoms with van der Waals surface area (Å²) in [6.07, 6.45) is 0. The van der Waals surface area contributed by atoms with E-state index in [2.05, 4.69) is 10.2 Å². The molecule has 0 fully saturated rings. The van der Waals surface area contributed by atoms with Crippen LogP contribution < -0.4 is 0 Å². The second kappa shape index (κ2) is 7.49. The van der Waals surface area contributed by atoms with Crippen LogP contribution in [-0.4, -0.2) is 52.4 Å². The van der Waals surface area contributed by atoms with Crippen molar-refractivity contribution in [2.24, 2.45) is 0 Å². The molecule has 0 aromatic carbocycles. The number of hydrogen-bond acceptors (Lipinski definition) is 6. The number of rotatable bonds is 8. The van der Waals surface area contributed by atoms with E-state index in [0.717, 1.165) is 11.8 Å². The molecule has 0 saturated heterocycles. The maximum Gasteiger partial charge on any atom is 0.313 e. The van der Waals surface area contributed by atoms with Crippen molar-refractivity contribution < 1.29 is 19.2 Å². The van der Waals surface area contributed by atoms with E-state index in [-0.39, 0.29) is 12.4 Å². The van der Waals surface area contributed by atoms with Gasteiger partial charge in [0.15, 0.2) is 11.0 Å². The Morgan fingerprint density at radius 2 is 2.22 bits per heavy atom. The number of aliphatic carboxylic acids is 1. The number of aliphatic hydroxyl groups excluding tert-OH is 1. The second-order valence-electron chi connectivity index (χ2n) is 3.32. The SMILES string of the molecule is CCS(=O)CCn1c(CO)nnc1SCC(=O)O. The van der Waals surface area contributed by atoms with Crippen molar-refractivity contribution in [2.75, 3.05) is 17.3 Å². The second-order valence-corrected chi connectivity index (χ2v) is 6.13. The highest BCUT2D eigenvalue weighted by Gasteiger charge is 2.13. The van der Waals surface area contributed by atoms with Crippen LogP contribution >= 0.6 is 11.8 Å². The lowest BCUT2D eigenvalue weighted by atomic mass is 10.6. The normalized spacial score (nSPS) is 12.6. The molecule has 1 heterocycles. The average Bonchev–Trinajstić information content (AvgIpc) is 2.75. The molecule has 18 heavy (non-hydrogen) atoms. The Morgan fingerprint density at radius 1 is 1.50 bits per heavy atom. The van der Waals surface area contributed by atoms with E-state index in [9.17, 15) is 9.00 Å². The molecule has 0 bridgehead atoms. The number of nitrogens with zero attached hydrogens (tertiary/aromatic N) is 3. The van der Waals surface area contributed by atoms with Crippen molar-refractivity contribution in [1.29, 1.82) is 0 Å². The molecule has 0 amide bonds. The summed E-state index contributed by atoms with van der Waals surface area (Å²) in [7, 11) is -0.926. The van der Waals surface area contributed by atoms with Gasteiger partial charge in [-0.05, 0) is 0 Å². The number of aromatic nitrogens is 3. The first-order chi connectivity index (χ1) is 8.58. The molecule has 9 heteroatoms. The molecule has 0 aliphatic carbocycles. The zero-order chi connectivity index (χ0) is 13.5. The van der Waals surface area contributed by atoms with Gasteiger partial charge in [-0.25, -0.2) is 0 Å². The lowest BCUT2D eigenvalue weighted by Crippen LogP contribution is -2.13. The summed E-state index contributed by atoms with van der Waals surface area (Å²) in [5, 5.41) is 25.7. The van der Waals surface area contributed by atoms with Gasteiger partial charge in [0.1, 0.15) is 6.61 Å². The summed E-state index contributed by atoms with van der Waals surface area (Å²) in [5.74, 6) is 0.282. The number of carboxylic acids is 1.